The number of hydrogen-bond donors (Lipinski definition) is 0. The lowest BCUT2D eigenvalue weighted by Crippen LogP contribution is -2.27. The quantitative estimate of drug-likeness (QED) is 0.193. The third kappa shape index (κ3) is 11.7. The molecule has 1 rings (SSSR count). The smallest absolute Gasteiger partial charge is 0.143 e. The second-order valence-electron chi connectivity index (χ2n) is 11.8. The summed E-state index contributed by atoms with van der Waals surface area (Å²) in [4.78, 5) is 62.7. The van der Waals surface area contributed by atoms with Gasteiger partial charge in [-0.3, -0.25) is 24.0 Å². The fourth-order valence-corrected chi connectivity index (χ4v) is 6.01. The summed E-state index contributed by atoms with van der Waals surface area (Å²) >= 11 is 0. The van der Waals surface area contributed by atoms with Crippen molar-refractivity contribution in [3.05, 3.63) is 23.3 Å². The number of hydrogen-bond acceptors (Lipinski definition) is 5. The van der Waals surface area contributed by atoms with E-state index < -0.39 is 0 Å². The maximum Gasteiger partial charge on any atom is 0.143 e. The molecule has 0 radical (unpaired) electrons. The molecule has 0 bridgehead atoms. The van der Waals surface area contributed by atoms with Gasteiger partial charge in [0, 0.05) is 43.9 Å². The van der Waals surface area contributed by atoms with E-state index >= 15 is 0 Å². The van der Waals surface area contributed by atoms with Crippen molar-refractivity contribution in [2.75, 3.05) is 0 Å². The highest BCUT2D eigenvalue weighted by molar-refractivity contribution is 5.99. The van der Waals surface area contributed by atoms with E-state index in [1.165, 1.54) is 6.92 Å². The Morgan fingerprint density at radius 2 is 1.71 bits per heavy atom. The van der Waals surface area contributed by atoms with Crippen molar-refractivity contribution in [1.29, 1.82) is 0 Å². The molecule has 5 nitrogen and oxygen atoms in total. The summed E-state index contributed by atoms with van der Waals surface area (Å²) in [5.74, 6) is 0.448. The molecule has 0 saturated heterocycles. The lowest BCUT2D eigenvalue weighted by molar-refractivity contribution is -0.130. The SMILES string of the molecule is CCCC(CC1CC/C=C\C(CC(=O)CC(C(=O)CC)C(C)C)=C(\C)CC(=O)C1)C(CC)C(=O)CC(C)=O. The van der Waals surface area contributed by atoms with Crippen LogP contribution in [0.15, 0.2) is 23.3 Å². The Morgan fingerprint density at radius 1 is 1.03 bits per heavy atom. The van der Waals surface area contributed by atoms with Gasteiger partial charge in [0.05, 0.1) is 6.42 Å². The van der Waals surface area contributed by atoms with E-state index in [-0.39, 0.29) is 77.8 Å². The molecule has 0 aromatic rings. The molecule has 0 spiro atoms. The topological polar surface area (TPSA) is 85.3 Å². The minimum absolute atomic E-state index is 0.00105. The van der Waals surface area contributed by atoms with Gasteiger partial charge in [0.2, 0.25) is 0 Å². The van der Waals surface area contributed by atoms with Crippen molar-refractivity contribution >= 4 is 28.9 Å². The molecule has 1 aliphatic carbocycles. The number of carbonyl (C=O) groups excluding carboxylic acids is 5. The first kappa shape index (κ1) is 33.9. The second-order valence-corrected chi connectivity index (χ2v) is 11.8. The first-order valence-electron chi connectivity index (χ1n) is 14.9. The summed E-state index contributed by atoms with van der Waals surface area (Å²) in [6, 6.07) is 0. The molecule has 0 aromatic carbocycles. The molecular weight excluding hydrogens is 476 g/mol. The van der Waals surface area contributed by atoms with Crippen LogP contribution >= 0.6 is 0 Å². The Labute approximate surface area is 231 Å². The average Bonchev–Trinajstić information content (AvgIpc) is 2.83. The predicted octanol–water partition coefficient (Wildman–Crippen LogP) is 7.60. The van der Waals surface area contributed by atoms with E-state index in [0.29, 0.717) is 19.3 Å². The molecule has 0 aromatic heterocycles. The number of rotatable bonds is 16. The fraction of sp³-hybridized carbons (Fsp3) is 0.727. The van der Waals surface area contributed by atoms with Crippen LogP contribution in [0.25, 0.3) is 0 Å². The standard InChI is InChI=1S/C33H52O5/c1-8-13-27(30(9-2)33(38)17-24(7)34)18-25-14-11-12-15-26(23(6)16-28(35)19-25)20-29(36)21-31(22(4)5)32(37)10-3/h12,15,22,25,27,30-31H,8-11,13-14,16-21H2,1-7H3/b15-12-,26-23+. The Bertz CT molecular complexity index is 891. The van der Waals surface area contributed by atoms with Crippen molar-refractivity contribution in [1.82, 2.24) is 0 Å². The van der Waals surface area contributed by atoms with Gasteiger partial charge in [-0.15, -0.1) is 0 Å². The van der Waals surface area contributed by atoms with Gasteiger partial charge in [-0.2, -0.15) is 0 Å². The number of carbonyl (C=O) groups is 5. The highest BCUT2D eigenvalue weighted by atomic mass is 16.2. The molecule has 0 fully saturated rings. The van der Waals surface area contributed by atoms with Gasteiger partial charge >= 0.3 is 0 Å². The minimum atomic E-state index is -0.246. The van der Waals surface area contributed by atoms with Crippen LogP contribution in [-0.2, 0) is 24.0 Å². The normalized spacial score (nSPS) is 22.0. The van der Waals surface area contributed by atoms with E-state index in [1.54, 1.807) is 0 Å². The summed E-state index contributed by atoms with van der Waals surface area (Å²) in [5, 5.41) is 0. The van der Waals surface area contributed by atoms with E-state index in [2.05, 4.69) is 13.0 Å². The zero-order chi connectivity index (χ0) is 28.8. The van der Waals surface area contributed by atoms with E-state index in [9.17, 15) is 24.0 Å². The first-order valence-corrected chi connectivity index (χ1v) is 14.9. The van der Waals surface area contributed by atoms with Crippen molar-refractivity contribution in [2.45, 2.75) is 126 Å². The largest absolute Gasteiger partial charge is 0.300 e. The summed E-state index contributed by atoms with van der Waals surface area (Å²) in [5.41, 5.74) is 1.83. The zero-order valence-corrected chi connectivity index (χ0v) is 25.1. The summed E-state index contributed by atoms with van der Waals surface area (Å²) < 4.78 is 0. The monoisotopic (exact) mass is 528 g/mol. The third-order valence-electron chi connectivity index (χ3n) is 8.13. The van der Waals surface area contributed by atoms with Gasteiger partial charge in [-0.1, -0.05) is 65.2 Å². The minimum Gasteiger partial charge on any atom is -0.300 e. The molecule has 0 heterocycles. The van der Waals surface area contributed by atoms with Crippen LogP contribution in [0.3, 0.4) is 0 Å². The fourth-order valence-electron chi connectivity index (χ4n) is 6.01. The van der Waals surface area contributed by atoms with Crippen molar-refractivity contribution in [2.24, 2.45) is 29.6 Å². The lowest BCUT2D eigenvalue weighted by Gasteiger charge is -2.29. The number of Topliss-reactive ketones (excluding diaryl/α,β-unsaturated/α-hetero) is 5. The summed E-state index contributed by atoms with van der Waals surface area (Å²) in [6.45, 7) is 13.4. The number of ketones is 5. The Balaban J connectivity index is 2.96. The lowest BCUT2D eigenvalue weighted by atomic mass is 9.75. The van der Waals surface area contributed by atoms with Crippen LogP contribution in [0, 0.1) is 29.6 Å². The van der Waals surface area contributed by atoms with Crippen LogP contribution in [0.5, 0.6) is 0 Å². The van der Waals surface area contributed by atoms with Gasteiger partial charge in [0.15, 0.2) is 0 Å². The van der Waals surface area contributed by atoms with Gasteiger partial charge < -0.3 is 0 Å². The zero-order valence-electron chi connectivity index (χ0n) is 25.1. The highest BCUT2D eigenvalue weighted by Gasteiger charge is 2.30. The van der Waals surface area contributed by atoms with E-state index in [4.69, 9.17) is 0 Å². The summed E-state index contributed by atoms with van der Waals surface area (Å²) in [7, 11) is 0. The predicted molar refractivity (Wildman–Crippen MR) is 154 cm³/mol. The number of allylic oxidation sites excluding steroid dienone is 4. The molecule has 0 N–H and O–H groups in total. The molecule has 4 unspecified atom stereocenters. The highest BCUT2D eigenvalue weighted by Crippen LogP contribution is 2.34. The Morgan fingerprint density at radius 3 is 2.26 bits per heavy atom. The van der Waals surface area contributed by atoms with Crippen LogP contribution in [-0.4, -0.2) is 28.9 Å². The Hall–Kier alpha value is -2.17. The molecular formula is C33H52O5. The maximum atomic E-state index is 13.1. The van der Waals surface area contributed by atoms with Gasteiger partial charge in [0.1, 0.15) is 28.9 Å². The van der Waals surface area contributed by atoms with Gasteiger partial charge in [-0.25, -0.2) is 0 Å². The van der Waals surface area contributed by atoms with Crippen LogP contribution < -0.4 is 0 Å². The van der Waals surface area contributed by atoms with Crippen LogP contribution in [0.1, 0.15) is 126 Å². The summed E-state index contributed by atoms with van der Waals surface area (Å²) in [6.07, 6.45) is 11.0. The molecule has 1 aliphatic rings. The van der Waals surface area contributed by atoms with Crippen LogP contribution in [0.4, 0.5) is 0 Å². The van der Waals surface area contributed by atoms with Gasteiger partial charge in [-0.05, 0) is 62.9 Å². The molecule has 214 valence electrons. The van der Waals surface area contributed by atoms with Crippen molar-refractivity contribution in [3.63, 3.8) is 0 Å². The molecule has 0 saturated carbocycles. The first-order chi connectivity index (χ1) is 17.9. The van der Waals surface area contributed by atoms with Crippen molar-refractivity contribution < 1.29 is 24.0 Å². The molecule has 0 amide bonds. The molecule has 0 aliphatic heterocycles. The van der Waals surface area contributed by atoms with Crippen LogP contribution in [0.2, 0.25) is 0 Å². The third-order valence-corrected chi connectivity index (χ3v) is 8.13. The molecule has 4 atom stereocenters. The average molecular weight is 529 g/mol. The molecule has 5 heteroatoms. The van der Waals surface area contributed by atoms with Crippen molar-refractivity contribution in [3.8, 4) is 0 Å². The van der Waals surface area contributed by atoms with E-state index in [1.807, 2.05) is 40.7 Å². The Kier molecular flexibility index (Phi) is 15.5. The second kappa shape index (κ2) is 17.4. The maximum absolute atomic E-state index is 13.1. The van der Waals surface area contributed by atoms with Gasteiger partial charge in [0.25, 0.3) is 0 Å². The molecule has 38 heavy (non-hydrogen) atoms. The van der Waals surface area contributed by atoms with E-state index in [0.717, 1.165) is 49.7 Å².